The second-order valence-corrected chi connectivity index (χ2v) is 12.7. The highest BCUT2D eigenvalue weighted by molar-refractivity contribution is 7.17. The van der Waals surface area contributed by atoms with Crippen molar-refractivity contribution in [3.05, 3.63) is 89.2 Å². The van der Waals surface area contributed by atoms with E-state index < -0.39 is 0 Å². The van der Waals surface area contributed by atoms with Crippen molar-refractivity contribution in [2.75, 3.05) is 0 Å². The molecular formula is C32H30N6S2. The zero-order valence-electron chi connectivity index (χ0n) is 23.2. The van der Waals surface area contributed by atoms with Gasteiger partial charge in [-0.2, -0.15) is 0 Å². The Morgan fingerprint density at radius 3 is 1.62 bits per heavy atom. The van der Waals surface area contributed by atoms with Crippen LogP contribution in [0.2, 0.25) is 0 Å². The number of aromatic nitrogens is 4. The van der Waals surface area contributed by atoms with E-state index in [0.29, 0.717) is 22.6 Å². The average molecular weight is 563 g/mol. The normalized spacial score (nSPS) is 12.4. The summed E-state index contributed by atoms with van der Waals surface area (Å²) in [6.45, 7) is 18.1. The Balaban J connectivity index is 1.80. The van der Waals surface area contributed by atoms with Crippen LogP contribution in [0.3, 0.4) is 0 Å². The number of fused-ring (bicyclic) bond motifs is 2. The van der Waals surface area contributed by atoms with Gasteiger partial charge in [-0.1, -0.05) is 40.0 Å². The largest absolute Gasteiger partial charge is 0.305 e. The molecule has 200 valence electrons. The van der Waals surface area contributed by atoms with Gasteiger partial charge >= 0.3 is 0 Å². The molecule has 0 aliphatic rings. The molecule has 0 amide bonds. The van der Waals surface area contributed by atoms with Gasteiger partial charge in [0.2, 0.25) is 0 Å². The SMILES string of the molecule is C=C/C(=C(\C(=C)C(C)=N)C(C)=N)c1ccc(-c2c3nccnc3c(-c3ccc(C(C)(C)C)s3)c3nccnc23)s1. The maximum Gasteiger partial charge on any atom is 0.100 e. The van der Waals surface area contributed by atoms with Gasteiger partial charge in [0.15, 0.2) is 0 Å². The second-order valence-electron chi connectivity index (χ2n) is 10.6. The molecule has 4 aromatic heterocycles. The fraction of sp³-hybridized carbons (Fsp3) is 0.188. The molecule has 0 aliphatic carbocycles. The highest BCUT2D eigenvalue weighted by Gasteiger charge is 2.24. The molecule has 0 saturated carbocycles. The molecule has 5 aromatic rings. The molecule has 0 unspecified atom stereocenters. The summed E-state index contributed by atoms with van der Waals surface area (Å²) in [6.07, 6.45) is 8.60. The Morgan fingerprint density at radius 2 is 1.23 bits per heavy atom. The predicted octanol–water partition coefficient (Wildman–Crippen LogP) is 8.90. The van der Waals surface area contributed by atoms with Gasteiger partial charge in [-0.05, 0) is 49.1 Å². The number of hydrogen-bond donors (Lipinski definition) is 2. The summed E-state index contributed by atoms with van der Waals surface area (Å²) < 4.78 is 0. The van der Waals surface area contributed by atoms with Crippen LogP contribution in [0.25, 0.3) is 48.5 Å². The molecule has 5 rings (SSSR count). The summed E-state index contributed by atoms with van der Waals surface area (Å²) in [4.78, 5) is 23.5. The van der Waals surface area contributed by atoms with Crippen LogP contribution in [0.4, 0.5) is 0 Å². The van der Waals surface area contributed by atoms with Crippen LogP contribution in [0, 0.1) is 10.8 Å². The summed E-state index contributed by atoms with van der Waals surface area (Å²) in [6, 6.07) is 8.38. The summed E-state index contributed by atoms with van der Waals surface area (Å²) in [5.74, 6) is 0. The molecular weight excluding hydrogens is 533 g/mol. The predicted molar refractivity (Wildman–Crippen MR) is 171 cm³/mol. The maximum atomic E-state index is 8.40. The first-order chi connectivity index (χ1) is 19.0. The van der Waals surface area contributed by atoms with Gasteiger partial charge in [0.1, 0.15) is 22.1 Å². The first-order valence-corrected chi connectivity index (χ1v) is 14.4. The van der Waals surface area contributed by atoms with Gasteiger partial charge in [-0.25, -0.2) is 0 Å². The van der Waals surface area contributed by atoms with E-state index in [1.54, 1.807) is 67.4 Å². The lowest BCUT2D eigenvalue weighted by molar-refractivity contribution is 0.604. The highest BCUT2D eigenvalue weighted by Crippen LogP contribution is 2.46. The van der Waals surface area contributed by atoms with Gasteiger partial charge in [-0.15, -0.1) is 22.7 Å². The Hall–Kier alpha value is -4.14. The van der Waals surface area contributed by atoms with Crippen LogP contribution >= 0.6 is 22.7 Å². The number of allylic oxidation sites excluding steroid dienone is 4. The van der Waals surface area contributed by atoms with Crippen molar-refractivity contribution in [3.63, 3.8) is 0 Å². The lowest BCUT2D eigenvalue weighted by atomic mass is 9.93. The minimum absolute atomic E-state index is 0.0326. The lowest BCUT2D eigenvalue weighted by Crippen LogP contribution is -2.07. The molecule has 0 bridgehead atoms. The molecule has 0 aliphatic heterocycles. The van der Waals surface area contributed by atoms with Crippen molar-refractivity contribution in [1.29, 1.82) is 10.8 Å². The third-order valence-corrected chi connectivity index (χ3v) is 9.32. The zero-order chi connectivity index (χ0) is 28.8. The van der Waals surface area contributed by atoms with E-state index in [1.165, 1.54) is 4.88 Å². The monoisotopic (exact) mass is 562 g/mol. The van der Waals surface area contributed by atoms with Crippen LogP contribution in [-0.4, -0.2) is 31.4 Å². The van der Waals surface area contributed by atoms with E-state index in [-0.39, 0.29) is 5.41 Å². The standard InChI is InChI=1S/C32H30N6S2/c1-8-20(25(19(4)34)17(2)18(3)33)21-9-10-22(39-21)26-28-30(37-15-13-35-28)27(31-29(26)36-14-16-38-31)23-11-12-24(40-23)32(5,6)7/h8-16,33-34H,1-2H2,3-7H3/b25-20-,33-18?,34-19?. The van der Waals surface area contributed by atoms with Gasteiger partial charge in [0.05, 0.1) is 0 Å². The van der Waals surface area contributed by atoms with Gasteiger partial charge in [0, 0.05) is 78.0 Å². The molecule has 0 fully saturated rings. The topological polar surface area (TPSA) is 99.3 Å². The van der Waals surface area contributed by atoms with Crippen LogP contribution < -0.4 is 0 Å². The van der Waals surface area contributed by atoms with E-state index in [0.717, 1.165) is 53.4 Å². The van der Waals surface area contributed by atoms with Crippen molar-refractivity contribution in [1.82, 2.24) is 19.9 Å². The molecule has 6 nitrogen and oxygen atoms in total. The second kappa shape index (κ2) is 10.4. The van der Waals surface area contributed by atoms with Crippen molar-refractivity contribution in [3.8, 4) is 20.9 Å². The number of hydrogen-bond acceptors (Lipinski definition) is 8. The van der Waals surface area contributed by atoms with E-state index in [9.17, 15) is 0 Å². The first-order valence-electron chi connectivity index (χ1n) is 12.8. The van der Waals surface area contributed by atoms with Crippen LogP contribution in [0.5, 0.6) is 0 Å². The summed E-state index contributed by atoms with van der Waals surface area (Å²) in [5.41, 5.74) is 7.50. The summed E-state index contributed by atoms with van der Waals surface area (Å²) in [5, 5.41) is 16.5. The van der Waals surface area contributed by atoms with Gasteiger partial charge in [0.25, 0.3) is 0 Å². The molecule has 0 atom stereocenters. The lowest BCUT2D eigenvalue weighted by Gasteiger charge is -2.16. The molecule has 0 radical (unpaired) electrons. The Bertz CT molecular complexity index is 1820. The Morgan fingerprint density at radius 1 is 0.750 bits per heavy atom. The summed E-state index contributed by atoms with van der Waals surface area (Å²) >= 11 is 3.31. The molecule has 1 aromatic carbocycles. The molecule has 0 spiro atoms. The molecule has 4 heterocycles. The van der Waals surface area contributed by atoms with Crippen molar-refractivity contribution in [2.45, 2.75) is 40.0 Å². The van der Waals surface area contributed by atoms with E-state index in [1.807, 2.05) is 12.1 Å². The maximum absolute atomic E-state index is 8.40. The number of thiophene rings is 2. The third-order valence-electron chi connectivity index (χ3n) is 6.66. The molecule has 8 heteroatoms. The highest BCUT2D eigenvalue weighted by atomic mass is 32.1. The van der Waals surface area contributed by atoms with Crippen molar-refractivity contribution < 1.29 is 0 Å². The third kappa shape index (κ3) is 4.74. The number of rotatable bonds is 7. The van der Waals surface area contributed by atoms with E-state index >= 15 is 0 Å². The fourth-order valence-corrected chi connectivity index (χ4v) is 6.91. The number of nitrogens with zero attached hydrogens (tertiary/aromatic N) is 4. The molecule has 40 heavy (non-hydrogen) atoms. The van der Waals surface area contributed by atoms with Crippen molar-refractivity contribution >= 4 is 61.7 Å². The molecule has 2 N–H and O–H groups in total. The quantitative estimate of drug-likeness (QED) is 0.117. The summed E-state index contributed by atoms with van der Waals surface area (Å²) in [7, 11) is 0. The minimum atomic E-state index is 0.0326. The average Bonchev–Trinajstić information content (AvgIpc) is 3.60. The van der Waals surface area contributed by atoms with Crippen molar-refractivity contribution in [2.24, 2.45) is 0 Å². The molecule has 0 saturated heterocycles. The van der Waals surface area contributed by atoms with E-state index in [2.05, 4.69) is 46.1 Å². The number of benzene rings is 1. The fourth-order valence-electron chi connectivity index (χ4n) is 4.70. The van der Waals surface area contributed by atoms with Crippen LogP contribution in [0.1, 0.15) is 44.4 Å². The van der Waals surface area contributed by atoms with Gasteiger partial charge in [-0.3, -0.25) is 19.9 Å². The smallest absolute Gasteiger partial charge is 0.100 e. The Labute approximate surface area is 241 Å². The zero-order valence-corrected chi connectivity index (χ0v) is 24.8. The van der Waals surface area contributed by atoms with E-state index in [4.69, 9.17) is 30.8 Å². The van der Waals surface area contributed by atoms with Gasteiger partial charge < -0.3 is 10.8 Å². The minimum Gasteiger partial charge on any atom is -0.305 e. The first kappa shape index (κ1) is 27.4. The Kier molecular flexibility index (Phi) is 7.16. The van der Waals surface area contributed by atoms with Crippen LogP contribution in [0.15, 0.2) is 79.4 Å². The van der Waals surface area contributed by atoms with Crippen LogP contribution in [-0.2, 0) is 5.41 Å². The number of nitrogens with one attached hydrogen (secondary N) is 2.